The number of ketones is 1. The van der Waals surface area contributed by atoms with Gasteiger partial charge in [0.05, 0.1) is 24.3 Å². The molecule has 4 aromatic rings. The van der Waals surface area contributed by atoms with Gasteiger partial charge < -0.3 is 15.6 Å². The first kappa shape index (κ1) is 23.9. The molecular weight excluding hydrogens is 440 g/mol. The lowest BCUT2D eigenvalue weighted by molar-refractivity contribution is -0.117. The number of fused-ring (bicyclic) bond motifs is 1. The number of aromatic nitrogens is 1. The third-order valence-corrected chi connectivity index (χ3v) is 5.72. The number of H-pyrrole nitrogens is 1. The highest BCUT2D eigenvalue weighted by atomic mass is 16.2. The third-order valence-electron chi connectivity index (χ3n) is 5.72. The Morgan fingerprint density at radius 2 is 1.43 bits per heavy atom. The van der Waals surface area contributed by atoms with Crippen LogP contribution >= 0.6 is 0 Å². The number of Topliss-reactive ketones (excluding diaryl/α,β-unsaturated/α-hetero) is 1. The molecule has 0 fully saturated rings. The molecule has 0 aliphatic carbocycles. The molecule has 178 valence electrons. The second-order valence-electron chi connectivity index (χ2n) is 8.32. The standard InChI is InChI=1S/C28H28N4O3/c1-3-32(18-26(35)30-22-15-13-21(14-16-22)29-19(2)33)17-25(34)27-23-11-7-8-12-24(23)31-28(27)20-9-5-4-6-10-20/h4-16,31H,3,17-18H2,1-2H3,(H,29,33)(H,30,35). The summed E-state index contributed by atoms with van der Waals surface area (Å²) in [6.07, 6.45) is 0. The zero-order valence-electron chi connectivity index (χ0n) is 19.8. The van der Waals surface area contributed by atoms with E-state index in [4.69, 9.17) is 0 Å². The average molecular weight is 469 g/mol. The van der Waals surface area contributed by atoms with Crippen molar-refractivity contribution in [2.75, 3.05) is 30.3 Å². The Labute approximate surface area is 204 Å². The highest BCUT2D eigenvalue weighted by Gasteiger charge is 2.22. The van der Waals surface area contributed by atoms with E-state index in [0.29, 0.717) is 23.5 Å². The van der Waals surface area contributed by atoms with Crippen LogP contribution in [0.4, 0.5) is 11.4 Å². The number of hydrogen-bond donors (Lipinski definition) is 3. The van der Waals surface area contributed by atoms with E-state index in [1.807, 2.05) is 66.4 Å². The van der Waals surface area contributed by atoms with Gasteiger partial charge in [0.25, 0.3) is 0 Å². The molecular formula is C28H28N4O3. The number of nitrogens with zero attached hydrogens (tertiary/aromatic N) is 1. The fraction of sp³-hybridized carbons (Fsp3) is 0.179. The van der Waals surface area contributed by atoms with Crippen LogP contribution in [0.25, 0.3) is 22.2 Å². The van der Waals surface area contributed by atoms with Crippen molar-refractivity contribution in [3.05, 3.63) is 84.4 Å². The Balaban J connectivity index is 1.48. The molecule has 0 atom stereocenters. The van der Waals surface area contributed by atoms with Crippen LogP contribution in [0.2, 0.25) is 0 Å². The number of rotatable bonds is 9. The second-order valence-corrected chi connectivity index (χ2v) is 8.32. The maximum Gasteiger partial charge on any atom is 0.238 e. The molecule has 0 aliphatic rings. The molecule has 7 nitrogen and oxygen atoms in total. The molecule has 3 aromatic carbocycles. The minimum absolute atomic E-state index is 0.0457. The van der Waals surface area contributed by atoms with Crippen molar-refractivity contribution < 1.29 is 14.4 Å². The van der Waals surface area contributed by atoms with E-state index in [-0.39, 0.29) is 30.7 Å². The zero-order chi connectivity index (χ0) is 24.8. The van der Waals surface area contributed by atoms with Gasteiger partial charge in [-0.1, -0.05) is 55.5 Å². The van der Waals surface area contributed by atoms with Crippen LogP contribution in [-0.4, -0.2) is 47.1 Å². The fourth-order valence-corrected chi connectivity index (χ4v) is 4.06. The van der Waals surface area contributed by atoms with Crippen LogP contribution in [0.15, 0.2) is 78.9 Å². The van der Waals surface area contributed by atoms with Crippen molar-refractivity contribution in [2.24, 2.45) is 0 Å². The SMILES string of the molecule is CCN(CC(=O)Nc1ccc(NC(C)=O)cc1)CC(=O)c1c(-c2ccccc2)[nH]c2ccccc12. The quantitative estimate of drug-likeness (QED) is 0.303. The first-order chi connectivity index (χ1) is 16.9. The van der Waals surface area contributed by atoms with E-state index >= 15 is 0 Å². The van der Waals surface area contributed by atoms with Gasteiger partial charge in [-0.15, -0.1) is 0 Å². The molecule has 1 heterocycles. The van der Waals surface area contributed by atoms with E-state index in [9.17, 15) is 14.4 Å². The number of likely N-dealkylation sites (N-methyl/N-ethyl adjacent to an activating group) is 1. The van der Waals surface area contributed by atoms with Crippen LogP contribution < -0.4 is 10.6 Å². The normalized spacial score (nSPS) is 10.9. The summed E-state index contributed by atoms with van der Waals surface area (Å²) in [5, 5.41) is 6.41. The Morgan fingerprint density at radius 1 is 0.800 bits per heavy atom. The molecule has 4 rings (SSSR count). The molecule has 0 bridgehead atoms. The Morgan fingerprint density at radius 3 is 2.09 bits per heavy atom. The fourth-order valence-electron chi connectivity index (χ4n) is 4.06. The van der Waals surface area contributed by atoms with Crippen LogP contribution in [0.3, 0.4) is 0 Å². The molecule has 0 saturated carbocycles. The molecule has 0 unspecified atom stereocenters. The summed E-state index contributed by atoms with van der Waals surface area (Å²) < 4.78 is 0. The highest BCUT2D eigenvalue weighted by Crippen LogP contribution is 2.30. The Kier molecular flexibility index (Phi) is 7.38. The van der Waals surface area contributed by atoms with Crippen LogP contribution in [0.1, 0.15) is 24.2 Å². The van der Waals surface area contributed by atoms with E-state index < -0.39 is 0 Å². The zero-order valence-corrected chi connectivity index (χ0v) is 19.8. The molecule has 2 amide bonds. The van der Waals surface area contributed by atoms with Gasteiger partial charge >= 0.3 is 0 Å². The Bertz CT molecular complexity index is 1340. The van der Waals surface area contributed by atoms with Crippen molar-refractivity contribution in [3.8, 4) is 11.3 Å². The lowest BCUT2D eigenvalue weighted by atomic mass is 10.0. The number of carbonyl (C=O) groups is 3. The average Bonchev–Trinajstić information content (AvgIpc) is 3.25. The summed E-state index contributed by atoms with van der Waals surface area (Å²) in [6, 6.07) is 24.4. The van der Waals surface area contributed by atoms with Crippen molar-refractivity contribution in [1.29, 1.82) is 0 Å². The summed E-state index contributed by atoms with van der Waals surface area (Å²) in [5.74, 6) is -0.416. The van der Waals surface area contributed by atoms with Crippen molar-refractivity contribution >= 4 is 39.9 Å². The van der Waals surface area contributed by atoms with Gasteiger partial charge in [0.2, 0.25) is 11.8 Å². The number of amides is 2. The predicted octanol–water partition coefficient (Wildman–Crippen LogP) is 4.94. The van der Waals surface area contributed by atoms with E-state index in [2.05, 4.69) is 15.6 Å². The summed E-state index contributed by atoms with van der Waals surface area (Å²) in [4.78, 5) is 42.6. The number of carbonyl (C=O) groups excluding carboxylic acids is 3. The summed E-state index contributed by atoms with van der Waals surface area (Å²) in [6.45, 7) is 4.11. The first-order valence-corrected chi connectivity index (χ1v) is 11.5. The molecule has 35 heavy (non-hydrogen) atoms. The molecule has 0 radical (unpaired) electrons. The number of para-hydroxylation sites is 1. The van der Waals surface area contributed by atoms with Gasteiger partial charge in [-0.3, -0.25) is 19.3 Å². The van der Waals surface area contributed by atoms with Crippen LogP contribution in [-0.2, 0) is 9.59 Å². The van der Waals surface area contributed by atoms with E-state index in [1.54, 1.807) is 24.3 Å². The topological polar surface area (TPSA) is 94.3 Å². The van der Waals surface area contributed by atoms with Crippen molar-refractivity contribution in [2.45, 2.75) is 13.8 Å². The minimum atomic E-state index is -0.214. The number of hydrogen-bond acceptors (Lipinski definition) is 4. The second kappa shape index (κ2) is 10.8. The van der Waals surface area contributed by atoms with E-state index in [0.717, 1.165) is 22.2 Å². The minimum Gasteiger partial charge on any atom is -0.354 e. The van der Waals surface area contributed by atoms with Gasteiger partial charge in [0.1, 0.15) is 0 Å². The maximum atomic E-state index is 13.5. The van der Waals surface area contributed by atoms with Gasteiger partial charge in [-0.25, -0.2) is 0 Å². The summed E-state index contributed by atoms with van der Waals surface area (Å²) in [7, 11) is 0. The summed E-state index contributed by atoms with van der Waals surface area (Å²) in [5.41, 5.74) is 4.54. The van der Waals surface area contributed by atoms with Gasteiger partial charge in [-0.05, 0) is 42.4 Å². The van der Waals surface area contributed by atoms with Gasteiger partial charge in [-0.2, -0.15) is 0 Å². The number of anilines is 2. The van der Waals surface area contributed by atoms with E-state index in [1.165, 1.54) is 6.92 Å². The van der Waals surface area contributed by atoms with Crippen LogP contribution in [0, 0.1) is 0 Å². The van der Waals surface area contributed by atoms with Gasteiger partial charge in [0.15, 0.2) is 5.78 Å². The molecule has 0 saturated heterocycles. The molecule has 3 N–H and O–H groups in total. The molecule has 7 heteroatoms. The lowest BCUT2D eigenvalue weighted by Crippen LogP contribution is -2.36. The largest absolute Gasteiger partial charge is 0.354 e. The third kappa shape index (κ3) is 5.83. The van der Waals surface area contributed by atoms with Crippen molar-refractivity contribution in [1.82, 2.24) is 9.88 Å². The molecule has 0 spiro atoms. The monoisotopic (exact) mass is 468 g/mol. The van der Waals surface area contributed by atoms with Gasteiger partial charge in [0, 0.05) is 29.2 Å². The predicted molar refractivity (Wildman–Crippen MR) is 140 cm³/mol. The number of benzene rings is 3. The number of aromatic amines is 1. The highest BCUT2D eigenvalue weighted by molar-refractivity contribution is 6.14. The smallest absolute Gasteiger partial charge is 0.238 e. The lowest BCUT2D eigenvalue weighted by Gasteiger charge is -2.19. The Hall–Kier alpha value is -4.23. The first-order valence-electron chi connectivity index (χ1n) is 11.5. The molecule has 1 aromatic heterocycles. The van der Waals surface area contributed by atoms with Crippen molar-refractivity contribution in [3.63, 3.8) is 0 Å². The van der Waals surface area contributed by atoms with Crippen LogP contribution in [0.5, 0.6) is 0 Å². The maximum absolute atomic E-state index is 13.5. The number of nitrogens with one attached hydrogen (secondary N) is 3. The summed E-state index contributed by atoms with van der Waals surface area (Å²) >= 11 is 0. The molecule has 0 aliphatic heterocycles.